The third-order valence-corrected chi connectivity index (χ3v) is 4.71. The Bertz CT molecular complexity index is 420. The van der Waals surface area contributed by atoms with Crippen LogP contribution in [0.15, 0.2) is 18.2 Å². The molecule has 0 aliphatic carbocycles. The molecule has 0 heterocycles. The van der Waals surface area contributed by atoms with Gasteiger partial charge in [0, 0.05) is 11.1 Å². The normalized spacial score (nSPS) is 15.2. The zero-order valence-corrected chi connectivity index (χ0v) is 14.6. The standard InChI is InChI=1S/C18H30ClN/c1-7-10-20-17(11-14(3)18(4,5)6)15-9-8-13(2)16(19)12-15/h8-9,12,14,17,20H,7,10-11H2,1-6H3. The lowest BCUT2D eigenvalue weighted by molar-refractivity contribution is 0.223. The highest BCUT2D eigenvalue weighted by atomic mass is 35.5. The Morgan fingerprint density at radius 2 is 1.90 bits per heavy atom. The zero-order valence-electron chi connectivity index (χ0n) is 13.9. The molecule has 20 heavy (non-hydrogen) atoms. The number of halogens is 1. The Hall–Kier alpha value is -0.530. The molecule has 0 aliphatic rings. The molecule has 1 aromatic carbocycles. The minimum absolute atomic E-state index is 0.334. The van der Waals surface area contributed by atoms with Gasteiger partial charge in [-0.15, -0.1) is 0 Å². The van der Waals surface area contributed by atoms with Gasteiger partial charge >= 0.3 is 0 Å². The van der Waals surface area contributed by atoms with Crippen molar-refractivity contribution in [2.24, 2.45) is 11.3 Å². The van der Waals surface area contributed by atoms with Crippen molar-refractivity contribution in [1.29, 1.82) is 0 Å². The average Bonchev–Trinajstić information content (AvgIpc) is 2.36. The predicted molar refractivity (Wildman–Crippen MR) is 90.5 cm³/mol. The summed E-state index contributed by atoms with van der Waals surface area (Å²) in [6.45, 7) is 14.6. The first-order valence-corrected chi connectivity index (χ1v) is 8.13. The van der Waals surface area contributed by atoms with Gasteiger partial charge in [-0.05, 0) is 54.8 Å². The van der Waals surface area contributed by atoms with Crippen LogP contribution < -0.4 is 5.32 Å². The number of nitrogens with one attached hydrogen (secondary N) is 1. The maximum absolute atomic E-state index is 6.29. The largest absolute Gasteiger partial charge is 0.310 e. The van der Waals surface area contributed by atoms with Crippen LogP contribution in [0.3, 0.4) is 0 Å². The highest BCUT2D eigenvalue weighted by molar-refractivity contribution is 6.31. The Morgan fingerprint density at radius 1 is 1.25 bits per heavy atom. The summed E-state index contributed by atoms with van der Waals surface area (Å²) in [5.41, 5.74) is 2.79. The molecule has 0 radical (unpaired) electrons. The second kappa shape index (κ2) is 7.47. The summed E-state index contributed by atoms with van der Waals surface area (Å²) in [5.74, 6) is 0.650. The van der Waals surface area contributed by atoms with Crippen molar-refractivity contribution in [3.05, 3.63) is 34.3 Å². The van der Waals surface area contributed by atoms with E-state index in [0.717, 1.165) is 30.0 Å². The van der Waals surface area contributed by atoms with Crippen molar-refractivity contribution in [1.82, 2.24) is 5.32 Å². The second-order valence-electron chi connectivity index (χ2n) is 7.02. The minimum Gasteiger partial charge on any atom is -0.310 e. The van der Waals surface area contributed by atoms with Crippen molar-refractivity contribution in [3.8, 4) is 0 Å². The molecule has 114 valence electrons. The van der Waals surface area contributed by atoms with Crippen LogP contribution in [0, 0.1) is 18.3 Å². The molecule has 0 aliphatic heterocycles. The van der Waals surface area contributed by atoms with E-state index in [9.17, 15) is 0 Å². The van der Waals surface area contributed by atoms with E-state index < -0.39 is 0 Å². The van der Waals surface area contributed by atoms with Gasteiger partial charge in [-0.2, -0.15) is 0 Å². The maximum Gasteiger partial charge on any atom is 0.0438 e. The quantitative estimate of drug-likeness (QED) is 0.703. The van der Waals surface area contributed by atoms with Crippen molar-refractivity contribution in [2.45, 2.75) is 60.4 Å². The molecule has 1 nitrogen and oxygen atoms in total. The summed E-state index contributed by atoms with van der Waals surface area (Å²) in [5, 5.41) is 4.55. The van der Waals surface area contributed by atoms with Crippen LogP contribution in [0.2, 0.25) is 5.02 Å². The van der Waals surface area contributed by atoms with E-state index in [1.165, 1.54) is 5.56 Å². The summed E-state index contributed by atoms with van der Waals surface area (Å²) in [6.07, 6.45) is 2.29. The number of aryl methyl sites for hydroxylation is 1. The Kier molecular flexibility index (Phi) is 6.54. The molecular formula is C18H30ClN. The molecule has 0 aromatic heterocycles. The summed E-state index contributed by atoms with van der Waals surface area (Å²) in [4.78, 5) is 0. The molecule has 1 aromatic rings. The molecule has 1 rings (SSSR count). The van der Waals surface area contributed by atoms with Gasteiger partial charge in [0.15, 0.2) is 0 Å². The van der Waals surface area contributed by atoms with Crippen molar-refractivity contribution >= 4 is 11.6 Å². The molecule has 0 bridgehead atoms. The van der Waals surface area contributed by atoms with Crippen LogP contribution in [-0.4, -0.2) is 6.54 Å². The highest BCUT2D eigenvalue weighted by Gasteiger charge is 2.24. The topological polar surface area (TPSA) is 12.0 Å². The molecule has 1 N–H and O–H groups in total. The Labute approximate surface area is 130 Å². The summed E-state index contributed by atoms with van der Waals surface area (Å²) < 4.78 is 0. The van der Waals surface area contributed by atoms with Gasteiger partial charge in [-0.3, -0.25) is 0 Å². The average molecular weight is 296 g/mol. The van der Waals surface area contributed by atoms with E-state index in [0.29, 0.717) is 17.4 Å². The highest BCUT2D eigenvalue weighted by Crippen LogP contribution is 2.34. The third kappa shape index (κ3) is 5.10. The predicted octanol–water partition coefficient (Wildman–Crippen LogP) is 5.76. The van der Waals surface area contributed by atoms with Gasteiger partial charge in [0.25, 0.3) is 0 Å². The molecule has 2 atom stereocenters. The van der Waals surface area contributed by atoms with E-state index in [4.69, 9.17) is 11.6 Å². The molecule has 0 fully saturated rings. The SMILES string of the molecule is CCCNC(CC(C)C(C)(C)C)c1ccc(C)c(Cl)c1. The number of rotatable bonds is 6. The van der Waals surface area contributed by atoms with Crippen LogP contribution in [-0.2, 0) is 0 Å². The number of hydrogen-bond acceptors (Lipinski definition) is 1. The first kappa shape index (κ1) is 17.5. The molecule has 2 heteroatoms. The monoisotopic (exact) mass is 295 g/mol. The van der Waals surface area contributed by atoms with Crippen LogP contribution in [0.1, 0.15) is 64.6 Å². The molecule has 0 saturated carbocycles. The summed E-state index contributed by atoms with van der Waals surface area (Å²) in [6, 6.07) is 6.85. The first-order valence-electron chi connectivity index (χ1n) is 7.75. The van der Waals surface area contributed by atoms with Crippen LogP contribution in [0.5, 0.6) is 0 Å². The van der Waals surface area contributed by atoms with E-state index in [-0.39, 0.29) is 0 Å². The lowest BCUT2D eigenvalue weighted by Crippen LogP contribution is -2.28. The third-order valence-electron chi connectivity index (χ3n) is 4.31. The van der Waals surface area contributed by atoms with Crippen molar-refractivity contribution in [3.63, 3.8) is 0 Å². The Balaban J connectivity index is 2.90. The van der Waals surface area contributed by atoms with Crippen LogP contribution >= 0.6 is 11.6 Å². The minimum atomic E-state index is 0.334. The van der Waals surface area contributed by atoms with Gasteiger partial charge in [0.05, 0.1) is 0 Å². The lowest BCUT2D eigenvalue weighted by atomic mass is 9.77. The number of benzene rings is 1. The van der Waals surface area contributed by atoms with Gasteiger partial charge in [-0.25, -0.2) is 0 Å². The van der Waals surface area contributed by atoms with E-state index >= 15 is 0 Å². The Morgan fingerprint density at radius 3 is 2.40 bits per heavy atom. The molecule has 2 unspecified atom stereocenters. The molecular weight excluding hydrogens is 266 g/mol. The fraction of sp³-hybridized carbons (Fsp3) is 0.667. The van der Waals surface area contributed by atoms with E-state index in [2.05, 4.69) is 65.1 Å². The first-order chi connectivity index (χ1) is 9.25. The second-order valence-corrected chi connectivity index (χ2v) is 7.43. The van der Waals surface area contributed by atoms with Crippen LogP contribution in [0.25, 0.3) is 0 Å². The number of hydrogen-bond donors (Lipinski definition) is 1. The van der Waals surface area contributed by atoms with Gasteiger partial charge in [-0.1, -0.05) is 58.4 Å². The summed E-state index contributed by atoms with van der Waals surface area (Å²) in [7, 11) is 0. The van der Waals surface area contributed by atoms with Gasteiger partial charge in [0.1, 0.15) is 0 Å². The fourth-order valence-corrected chi connectivity index (χ4v) is 2.38. The summed E-state index contributed by atoms with van der Waals surface area (Å²) >= 11 is 6.29. The molecule has 0 spiro atoms. The lowest BCUT2D eigenvalue weighted by Gasteiger charge is -2.31. The maximum atomic E-state index is 6.29. The van der Waals surface area contributed by atoms with Gasteiger partial charge in [0.2, 0.25) is 0 Å². The van der Waals surface area contributed by atoms with Crippen molar-refractivity contribution < 1.29 is 0 Å². The molecule has 0 saturated heterocycles. The van der Waals surface area contributed by atoms with Crippen LogP contribution in [0.4, 0.5) is 0 Å². The van der Waals surface area contributed by atoms with E-state index in [1.807, 2.05) is 0 Å². The molecule has 0 amide bonds. The zero-order chi connectivity index (χ0) is 15.3. The van der Waals surface area contributed by atoms with E-state index in [1.54, 1.807) is 0 Å². The van der Waals surface area contributed by atoms with Gasteiger partial charge < -0.3 is 5.32 Å². The van der Waals surface area contributed by atoms with Crippen molar-refractivity contribution in [2.75, 3.05) is 6.54 Å². The fourth-order valence-electron chi connectivity index (χ4n) is 2.19. The smallest absolute Gasteiger partial charge is 0.0438 e.